The highest BCUT2D eigenvalue weighted by Gasteiger charge is 2.43. The highest BCUT2D eigenvalue weighted by molar-refractivity contribution is 9.11. The molecule has 0 spiro atoms. The van der Waals surface area contributed by atoms with Crippen molar-refractivity contribution in [1.82, 2.24) is 0 Å². The first kappa shape index (κ1) is 25.9. The summed E-state index contributed by atoms with van der Waals surface area (Å²) in [7, 11) is 0. The molecule has 0 radical (unpaired) electrons. The minimum Gasteiger partial charge on any atom is -0.0766 e. The summed E-state index contributed by atoms with van der Waals surface area (Å²) < 4.78 is 3.64. The minimum absolute atomic E-state index is 0.0978. The zero-order valence-corrected chi connectivity index (χ0v) is 26.1. The molecule has 6 rings (SSSR count). The van der Waals surface area contributed by atoms with E-state index < -0.39 is 0 Å². The van der Waals surface area contributed by atoms with Crippen LogP contribution in [0.5, 0.6) is 0 Å². The molecule has 0 aliphatic heterocycles. The van der Waals surface area contributed by atoms with Crippen LogP contribution in [0.2, 0.25) is 0 Å². The molecule has 0 heterocycles. The van der Waals surface area contributed by atoms with Crippen LogP contribution in [0.15, 0.2) is 86.2 Å². The Kier molecular flexibility index (Phi) is 7.13. The fourth-order valence-electron chi connectivity index (χ4n) is 6.23. The lowest BCUT2D eigenvalue weighted by Gasteiger charge is -2.37. The van der Waals surface area contributed by atoms with Crippen molar-refractivity contribution in [2.24, 2.45) is 5.41 Å². The monoisotopic (exact) mass is 664 g/mol. The number of halogens is 3. The van der Waals surface area contributed by atoms with Gasteiger partial charge < -0.3 is 0 Å². The van der Waals surface area contributed by atoms with Gasteiger partial charge in [-0.2, -0.15) is 0 Å². The molecule has 0 saturated carbocycles. The Hall–Kier alpha value is -1.68. The molecular formula is C33H31Br3. The van der Waals surface area contributed by atoms with Crippen LogP contribution in [0.25, 0.3) is 17.2 Å². The van der Waals surface area contributed by atoms with E-state index in [0.717, 1.165) is 0 Å². The van der Waals surface area contributed by atoms with Gasteiger partial charge in [0.2, 0.25) is 0 Å². The highest BCUT2D eigenvalue weighted by atomic mass is 79.9. The summed E-state index contributed by atoms with van der Waals surface area (Å²) >= 11 is 11.1. The Morgan fingerprint density at radius 2 is 1.14 bits per heavy atom. The van der Waals surface area contributed by atoms with E-state index in [2.05, 4.69) is 161 Å². The minimum atomic E-state index is 0.0978. The van der Waals surface area contributed by atoms with E-state index >= 15 is 0 Å². The molecule has 0 bridgehead atoms. The van der Waals surface area contributed by atoms with Crippen molar-refractivity contribution in [2.75, 3.05) is 0 Å². The van der Waals surface area contributed by atoms with Crippen molar-refractivity contribution in [3.05, 3.63) is 120 Å². The van der Waals surface area contributed by atoms with Crippen molar-refractivity contribution in [2.45, 2.75) is 52.4 Å². The third kappa shape index (κ3) is 4.36. The van der Waals surface area contributed by atoms with Crippen LogP contribution in [0.4, 0.5) is 0 Å². The second-order valence-corrected chi connectivity index (χ2v) is 13.3. The Balaban J connectivity index is 0.000000202. The van der Waals surface area contributed by atoms with E-state index in [9.17, 15) is 0 Å². The Morgan fingerprint density at radius 1 is 0.667 bits per heavy atom. The standard InChI is InChI=1S/C23H22Br2.C10H9Br/c1-13-11-17(15-7-5-9-19(24)21(13)15)23(3,4)18-12-14(2)22-16(18)8-6-10-20(22)25;1-7-5-6-8-3-2-4-9(11)10(7)8/h5-12,17-18H,1-4H3;2-7H,1H3. The lowest BCUT2D eigenvalue weighted by atomic mass is 9.66. The van der Waals surface area contributed by atoms with Gasteiger partial charge in [0.25, 0.3) is 0 Å². The molecular weight excluding hydrogens is 636 g/mol. The molecule has 0 saturated heterocycles. The molecule has 0 N–H and O–H groups in total. The van der Waals surface area contributed by atoms with Gasteiger partial charge in [-0.15, -0.1) is 0 Å². The number of benzene rings is 3. The molecule has 3 atom stereocenters. The van der Waals surface area contributed by atoms with Crippen LogP contribution in [0.1, 0.15) is 85.8 Å². The summed E-state index contributed by atoms with van der Waals surface area (Å²) in [5.74, 6) is 1.40. The van der Waals surface area contributed by atoms with Gasteiger partial charge in [0.1, 0.15) is 0 Å². The number of allylic oxidation sites excluding steroid dienone is 5. The average molecular weight is 667 g/mol. The molecule has 3 aliphatic rings. The van der Waals surface area contributed by atoms with E-state index in [1.165, 1.54) is 57.9 Å². The molecule has 3 aliphatic carbocycles. The van der Waals surface area contributed by atoms with Gasteiger partial charge in [-0.05, 0) is 82.0 Å². The van der Waals surface area contributed by atoms with Crippen molar-refractivity contribution in [3.8, 4) is 0 Å². The Labute approximate surface area is 241 Å². The maximum atomic E-state index is 3.75. The van der Waals surface area contributed by atoms with Gasteiger partial charge in [-0.3, -0.25) is 0 Å². The lowest BCUT2D eigenvalue weighted by Crippen LogP contribution is -2.26. The van der Waals surface area contributed by atoms with E-state index in [4.69, 9.17) is 0 Å². The largest absolute Gasteiger partial charge is 0.0766 e. The second kappa shape index (κ2) is 9.89. The first-order valence-electron chi connectivity index (χ1n) is 12.5. The fraction of sp³-hybridized carbons (Fsp3) is 0.273. The molecule has 3 unspecified atom stereocenters. The number of hydrogen-bond donors (Lipinski definition) is 0. The topological polar surface area (TPSA) is 0 Å². The van der Waals surface area contributed by atoms with E-state index in [1.807, 2.05) is 0 Å². The average Bonchev–Trinajstić information content (AvgIpc) is 3.50. The van der Waals surface area contributed by atoms with Crippen LogP contribution >= 0.6 is 47.8 Å². The van der Waals surface area contributed by atoms with Crippen molar-refractivity contribution >= 4 is 65.0 Å². The van der Waals surface area contributed by atoms with Gasteiger partial charge in [-0.1, -0.05) is 129 Å². The molecule has 3 aromatic rings. The molecule has 0 aromatic heterocycles. The molecule has 3 heteroatoms. The molecule has 184 valence electrons. The zero-order chi connectivity index (χ0) is 25.8. The summed E-state index contributed by atoms with van der Waals surface area (Å²) in [5, 5.41) is 0. The van der Waals surface area contributed by atoms with Crippen LogP contribution < -0.4 is 0 Å². The first-order chi connectivity index (χ1) is 17.1. The van der Waals surface area contributed by atoms with Gasteiger partial charge in [0.05, 0.1) is 0 Å². The maximum absolute atomic E-state index is 3.75. The summed E-state index contributed by atoms with van der Waals surface area (Å²) in [4.78, 5) is 0. The number of rotatable bonds is 2. The molecule has 0 fully saturated rings. The smallest absolute Gasteiger partial charge is 0.0253 e. The number of hydrogen-bond acceptors (Lipinski definition) is 0. The molecule has 0 amide bonds. The molecule has 3 aromatic carbocycles. The third-order valence-electron chi connectivity index (χ3n) is 8.09. The summed E-state index contributed by atoms with van der Waals surface area (Å²) in [5.41, 5.74) is 11.3. The van der Waals surface area contributed by atoms with E-state index in [1.54, 1.807) is 0 Å². The SMILES string of the molecule is CC1=CC(C(C)(C)C2C=C(C)c3c(Br)cccc32)c2cccc(Br)c21.CC1C=Cc2cccc(Br)c21. The summed E-state index contributed by atoms with van der Waals surface area (Å²) in [6.07, 6.45) is 9.35. The van der Waals surface area contributed by atoms with Crippen LogP contribution in [0, 0.1) is 5.41 Å². The van der Waals surface area contributed by atoms with Crippen LogP contribution in [0.3, 0.4) is 0 Å². The molecule has 0 nitrogen and oxygen atoms in total. The lowest BCUT2D eigenvalue weighted by molar-refractivity contribution is 0.291. The first-order valence-corrected chi connectivity index (χ1v) is 14.9. The summed E-state index contributed by atoms with van der Waals surface area (Å²) in [6.45, 7) is 11.5. The van der Waals surface area contributed by atoms with E-state index in [-0.39, 0.29) is 5.41 Å². The van der Waals surface area contributed by atoms with Crippen molar-refractivity contribution in [3.63, 3.8) is 0 Å². The fourth-order valence-corrected chi connectivity index (χ4v) is 8.36. The Morgan fingerprint density at radius 3 is 1.64 bits per heavy atom. The van der Waals surface area contributed by atoms with Crippen LogP contribution in [-0.2, 0) is 0 Å². The second-order valence-electron chi connectivity index (χ2n) is 10.8. The van der Waals surface area contributed by atoms with Crippen molar-refractivity contribution in [1.29, 1.82) is 0 Å². The van der Waals surface area contributed by atoms with Gasteiger partial charge in [0.15, 0.2) is 0 Å². The van der Waals surface area contributed by atoms with Crippen molar-refractivity contribution < 1.29 is 0 Å². The summed E-state index contributed by atoms with van der Waals surface area (Å²) in [6, 6.07) is 19.6. The highest BCUT2D eigenvalue weighted by Crippen LogP contribution is 2.57. The predicted molar refractivity (Wildman–Crippen MR) is 166 cm³/mol. The van der Waals surface area contributed by atoms with Gasteiger partial charge in [-0.25, -0.2) is 0 Å². The zero-order valence-electron chi connectivity index (χ0n) is 21.4. The van der Waals surface area contributed by atoms with Crippen LogP contribution in [-0.4, -0.2) is 0 Å². The van der Waals surface area contributed by atoms with Gasteiger partial charge >= 0.3 is 0 Å². The van der Waals surface area contributed by atoms with Gasteiger partial charge in [0, 0.05) is 31.2 Å². The van der Waals surface area contributed by atoms with E-state index in [0.29, 0.717) is 17.8 Å². The third-order valence-corrected chi connectivity index (χ3v) is 10.1. The quantitative estimate of drug-likeness (QED) is 0.255. The predicted octanol–water partition coefficient (Wildman–Crippen LogP) is 11.5. The number of fused-ring (bicyclic) bond motifs is 3. The maximum Gasteiger partial charge on any atom is 0.0253 e. The molecule has 36 heavy (non-hydrogen) atoms. The normalized spacial score (nSPS) is 21.3. The Bertz CT molecular complexity index is 1360.